The van der Waals surface area contributed by atoms with Crippen LogP contribution in [0.4, 0.5) is 5.69 Å². The first-order valence-corrected chi connectivity index (χ1v) is 16.9. The lowest BCUT2D eigenvalue weighted by molar-refractivity contribution is -0.140. The van der Waals surface area contributed by atoms with E-state index in [2.05, 4.69) is 5.32 Å². The summed E-state index contributed by atoms with van der Waals surface area (Å²) in [5.41, 5.74) is 3.73. The number of hydrogen-bond donors (Lipinski definition) is 1. The monoisotopic (exact) mass is 641 g/mol. The van der Waals surface area contributed by atoms with E-state index in [0.29, 0.717) is 17.9 Å². The van der Waals surface area contributed by atoms with Crippen LogP contribution in [0.3, 0.4) is 0 Å². The van der Waals surface area contributed by atoms with Crippen molar-refractivity contribution in [1.82, 2.24) is 10.2 Å². The fourth-order valence-electron chi connectivity index (χ4n) is 5.11. The van der Waals surface area contributed by atoms with E-state index in [1.54, 1.807) is 55.6 Å². The molecular formula is C37H43N3O5S. The molecule has 1 N–H and O–H groups in total. The van der Waals surface area contributed by atoms with Gasteiger partial charge in [0.2, 0.25) is 11.8 Å². The third-order valence-corrected chi connectivity index (χ3v) is 9.72. The van der Waals surface area contributed by atoms with E-state index < -0.39 is 28.5 Å². The predicted octanol–water partition coefficient (Wildman–Crippen LogP) is 6.06. The van der Waals surface area contributed by atoms with Gasteiger partial charge in [0.15, 0.2) is 0 Å². The van der Waals surface area contributed by atoms with E-state index in [4.69, 9.17) is 4.74 Å². The predicted molar refractivity (Wildman–Crippen MR) is 182 cm³/mol. The van der Waals surface area contributed by atoms with Gasteiger partial charge in [-0.3, -0.25) is 13.9 Å². The molecule has 0 radical (unpaired) electrons. The largest absolute Gasteiger partial charge is 0.497 e. The molecule has 0 saturated heterocycles. The fraction of sp³-hybridized carbons (Fsp3) is 0.297. The lowest BCUT2D eigenvalue weighted by atomic mass is 10.0. The number of nitrogens with one attached hydrogen (secondary N) is 1. The van der Waals surface area contributed by atoms with Crippen molar-refractivity contribution in [1.29, 1.82) is 0 Å². The van der Waals surface area contributed by atoms with Crippen LogP contribution in [0.15, 0.2) is 108 Å². The van der Waals surface area contributed by atoms with Crippen LogP contribution in [0.25, 0.3) is 0 Å². The maximum Gasteiger partial charge on any atom is 0.264 e. The molecule has 0 spiro atoms. The van der Waals surface area contributed by atoms with Crippen molar-refractivity contribution in [2.24, 2.45) is 0 Å². The quantitative estimate of drug-likeness (QED) is 0.181. The zero-order chi connectivity index (χ0) is 33.3. The molecule has 0 saturated carbocycles. The highest BCUT2D eigenvalue weighted by Gasteiger charge is 2.35. The van der Waals surface area contributed by atoms with Crippen LogP contribution in [0.5, 0.6) is 5.75 Å². The molecule has 0 aliphatic carbocycles. The number of nitrogens with zero attached hydrogens (tertiary/aromatic N) is 2. The average Bonchev–Trinajstić information content (AvgIpc) is 3.05. The number of rotatable bonds is 14. The highest BCUT2D eigenvalue weighted by molar-refractivity contribution is 7.92. The first-order valence-electron chi connectivity index (χ1n) is 15.4. The SMILES string of the molecule is CC[C@@H](C)NC(=O)[C@@H](Cc1ccccc1)N(Cc1cccc(OC)c1)C(=O)CN(c1cccc(C)c1)S(=O)(=O)c1ccc(C)cc1. The molecule has 4 rings (SSSR count). The second-order valence-corrected chi connectivity index (χ2v) is 13.4. The van der Waals surface area contributed by atoms with E-state index in [-0.39, 0.29) is 29.8 Å². The minimum Gasteiger partial charge on any atom is -0.497 e. The maximum absolute atomic E-state index is 14.6. The highest BCUT2D eigenvalue weighted by Crippen LogP contribution is 2.26. The van der Waals surface area contributed by atoms with Gasteiger partial charge in [0, 0.05) is 19.0 Å². The second-order valence-electron chi connectivity index (χ2n) is 11.6. The van der Waals surface area contributed by atoms with Crippen LogP contribution in [0.1, 0.15) is 42.5 Å². The van der Waals surface area contributed by atoms with Gasteiger partial charge in [0.25, 0.3) is 10.0 Å². The Morgan fingerprint density at radius 3 is 2.15 bits per heavy atom. The van der Waals surface area contributed by atoms with Gasteiger partial charge in [-0.2, -0.15) is 0 Å². The molecule has 0 unspecified atom stereocenters. The van der Waals surface area contributed by atoms with Gasteiger partial charge in [-0.25, -0.2) is 8.42 Å². The van der Waals surface area contributed by atoms with Crippen LogP contribution in [0.2, 0.25) is 0 Å². The first kappa shape index (κ1) is 34.2. The zero-order valence-electron chi connectivity index (χ0n) is 27.1. The molecule has 0 heterocycles. The summed E-state index contributed by atoms with van der Waals surface area (Å²) in [5.74, 6) is -0.213. The molecule has 2 amide bonds. The highest BCUT2D eigenvalue weighted by atomic mass is 32.2. The van der Waals surface area contributed by atoms with E-state index in [9.17, 15) is 18.0 Å². The van der Waals surface area contributed by atoms with Gasteiger partial charge in [-0.05, 0) is 80.3 Å². The summed E-state index contributed by atoms with van der Waals surface area (Å²) in [7, 11) is -2.60. The van der Waals surface area contributed by atoms with E-state index >= 15 is 0 Å². The number of methoxy groups -OCH3 is 1. The first-order chi connectivity index (χ1) is 22.0. The van der Waals surface area contributed by atoms with Crippen molar-refractivity contribution in [3.63, 3.8) is 0 Å². The van der Waals surface area contributed by atoms with Gasteiger partial charge in [-0.15, -0.1) is 0 Å². The number of ether oxygens (including phenoxy) is 1. The fourth-order valence-corrected chi connectivity index (χ4v) is 6.52. The molecule has 242 valence electrons. The van der Waals surface area contributed by atoms with Gasteiger partial charge in [-0.1, -0.05) is 79.2 Å². The standard InChI is InChI=1S/C37H43N3O5S/c1-6-29(4)38-37(42)35(24-30-13-8-7-9-14-30)39(25-31-15-11-17-33(23-31)45-5)36(41)26-40(32-16-10-12-28(3)22-32)46(43,44)34-20-18-27(2)19-21-34/h7-23,29,35H,6,24-26H2,1-5H3,(H,38,42)/t29-,35-/m1/s1. The van der Waals surface area contributed by atoms with Crippen LogP contribution in [0, 0.1) is 13.8 Å². The van der Waals surface area contributed by atoms with Gasteiger partial charge in [0.05, 0.1) is 17.7 Å². The van der Waals surface area contributed by atoms with Crippen molar-refractivity contribution in [2.75, 3.05) is 18.0 Å². The third kappa shape index (κ3) is 8.75. The lowest BCUT2D eigenvalue weighted by Crippen LogP contribution is -2.54. The number of anilines is 1. The van der Waals surface area contributed by atoms with E-state index in [1.807, 2.05) is 82.3 Å². The number of carbonyl (C=O) groups excluding carboxylic acids is 2. The number of sulfonamides is 1. The number of carbonyl (C=O) groups is 2. The topological polar surface area (TPSA) is 96.0 Å². The van der Waals surface area contributed by atoms with Gasteiger partial charge in [0.1, 0.15) is 18.3 Å². The molecule has 8 nitrogen and oxygen atoms in total. The minimum absolute atomic E-state index is 0.0632. The van der Waals surface area contributed by atoms with E-state index in [1.165, 1.54) is 4.90 Å². The second kappa shape index (κ2) is 15.6. The van der Waals surface area contributed by atoms with Gasteiger partial charge >= 0.3 is 0 Å². The molecular weight excluding hydrogens is 598 g/mol. The van der Waals surface area contributed by atoms with Crippen molar-refractivity contribution >= 4 is 27.5 Å². The number of benzene rings is 4. The summed E-state index contributed by atoms with van der Waals surface area (Å²) in [6.07, 6.45) is 0.956. The minimum atomic E-state index is -4.16. The summed E-state index contributed by atoms with van der Waals surface area (Å²) < 4.78 is 35.0. The summed E-state index contributed by atoms with van der Waals surface area (Å²) in [6, 6.07) is 29.4. The summed E-state index contributed by atoms with van der Waals surface area (Å²) in [6.45, 7) is 7.20. The van der Waals surface area contributed by atoms with Crippen LogP contribution < -0.4 is 14.4 Å². The Labute approximate surface area is 273 Å². The Balaban J connectivity index is 1.82. The molecule has 0 fully saturated rings. The summed E-state index contributed by atoms with van der Waals surface area (Å²) >= 11 is 0. The van der Waals surface area contributed by atoms with Crippen LogP contribution >= 0.6 is 0 Å². The van der Waals surface area contributed by atoms with Crippen LogP contribution in [-0.2, 0) is 32.6 Å². The van der Waals surface area contributed by atoms with Crippen molar-refractivity contribution in [3.05, 3.63) is 125 Å². The number of aryl methyl sites for hydroxylation is 2. The Morgan fingerprint density at radius 1 is 0.826 bits per heavy atom. The summed E-state index contributed by atoms with van der Waals surface area (Å²) in [5, 5.41) is 3.06. The zero-order valence-corrected chi connectivity index (χ0v) is 28.0. The summed E-state index contributed by atoms with van der Waals surface area (Å²) in [4.78, 5) is 30.1. The molecule has 0 aromatic heterocycles. The Hall–Kier alpha value is -4.63. The normalized spacial score (nSPS) is 12.5. The Kier molecular flexibility index (Phi) is 11.6. The van der Waals surface area contributed by atoms with Crippen molar-refractivity contribution < 1.29 is 22.7 Å². The van der Waals surface area contributed by atoms with Crippen LogP contribution in [-0.4, -0.2) is 50.9 Å². The molecule has 0 aliphatic heterocycles. The Morgan fingerprint density at radius 2 is 1.50 bits per heavy atom. The number of amides is 2. The third-order valence-electron chi connectivity index (χ3n) is 7.94. The lowest BCUT2D eigenvalue weighted by Gasteiger charge is -2.34. The molecule has 4 aromatic carbocycles. The number of hydrogen-bond acceptors (Lipinski definition) is 5. The molecule has 4 aromatic rings. The molecule has 46 heavy (non-hydrogen) atoms. The maximum atomic E-state index is 14.6. The molecule has 0 aliphatic rings. The molecule has 9 heteroatoms. The van der Waals surface area contributed by atoms with Crippen molar-refractivity contribution in [2.45, 2.75) is 64.1 Å². The average molecular weight is 642 g/mol. The van der Waals surface area contributed by atoms with E-state index in [0.717, 1.165) is 26.6 Å². The molecule has 0 bridgehead atoms. The van der Waals surface area contributed by atoms with Crippen molar-refractivity contribution in [3.8, 4) is 5.75 Å². The molecule has 2 atom stereocenters. The Bertz CT molecular complexity index is 1730. The van der Waals surface area contributed by atoms with Gasteiger partial charge < -0.3 is 15.0 Å². The smallest absolute Gasteiger partial charge is 0.264 e.